The van der Waals surface area contributed by atoms with Gasteiger partial charge in [0.25, 0.3) is 0 Å². The first-order chi connectivity index (χ1) is 14.3. The number of allylic oxidation sites excluding steroid dienone is 1. The van der Waals surface area contributed by atoms with E-state index in [9.17, 15) is 0 Å². The third kappa shape index (κ3) is 4.02. The maximum atomic E-state index is 2.62. The summed E-state index contributed by atoms with van der Waals surface area (Å²) in [6.07, 6.45) is 15.1. The van der Waals surface area contributed by atoms with Gasteiger partial charge in [-0.15, -0.1) is 0 Å². The molecule has 0 N–H and O–H groups in total. The smallest absolute Gasteiger partial charge is 0.0489 e. The molecule has 0 saturated heterocycles. The summed E-state index contributed by atoms with van der Waals surface area (Å²) in [7, 11) is 0. The summed E-state index contributed by atoms with van der Waals surface area (Å²) in [4.78, 5) is 0. The van der Waals surface area contributed by atoms with E-state index in [0.717, 1.165) is 13.0 Å². The molecule has 4 rings (SSSR count). The number of hydrogen-bond donors (Lipinski definition) is 0. The van der Waals surface area contributed by atoms with Gasteiger partial charge in [-0.25, -0.2) is 0 Å². The molecule has 0 unspecified atom stereocenters. The number of aromatic nitrogens is 1. The van der Waals surface area contributed by atoms with Crippen LogP contribution in [0.2, 0.25) is 0 Å². The third-order valence-corrected chi connectivity index (χ3v) is 6.69. The number of fused-ring (bicyclic) bond motifs is 5. The van der Waals surface area contributed by atoms with Crippen LogP contribution in [0.25, 0.3) is 27.8 Å². The van der Waals surface area contributed by atoms with Crippen molar-refractivity contribution in [1.82, 2.24) is 4.57 Å². The van der Waals surface area contributed by atoms with Gasteiger partial charge < -0.3 is 4.57 Å². The summed E-state index contributed by atoms with van der Waals surface area (Å²) in [5, 5.41) is 4.36. The van der Waals surface area contributed by atoms with Crippen molar-refractivity contribution in [3.63, 3.8) is 0 Å². The summed E-state index contributed by atoms with van der Waals surface area (Å²) in [5.41, 5.74) is 7.61. The maximum Gasteiger partial charge on any atom is 0.0489 e. The molecule has 1 nitrogen and oxygen atoms in total. The highest BCUT2D eigenvalue weighted by molar-refractivity contribution is 6.10. The van der Waals surface area contributed by atoms with Crippen LogP contribution in [-0.2, 0) is 19.4 Å². The van der Waals surface area contributed by atoms with Gasteiger partial charge in [0.2, 0.25) is 0 Å². The van der Waals surface area contributed by atoms with Crippen molar-refractivity contribution in [1.29, 1.82) is 0 Å². The van der Waals surface area contributed by atoms with E-state index in [1.807, 2.05) is 0 Å². The van der Waals surface area contributed by atoms with Crippen molar-refractivity contribution >= 4 is 27.8 Å². The van der Waals surface area contributed by atoms with Gasteiger partial charge in [0.1, 0.15) is 0 Å². The molecule has 29 heavy (non-hydrogen) atoms. The molecule has 0 bridgehead atoms. The predicted octanol–water partition coefficient (Wildman–Crippen LogP) is 8.46. The van der Waals surface area contributed by atoms with Gasteiger partial charge in [0.15, 0.2) is 0 Å². The fourth-order valence-corrected chi connectivity index (χ4v) is 5.01. The van der Waals surface area contributed by atoms with E-state index < -0.39 is 0 Å². The molecule has 1 heterocycles. The molecule has 1 aromatic heterocycles. The molecule has 0 aliphatic heterocycles. The first kappa shape index (κ1) is 20.3. The fourth-order valence-electron chi connectivity index (χ4n) is 5.01. The van der Waals surface area contributed by atoms with Crippen molar-refractivity contribution in [3.8, 4) is 0 Å². The molecule has 0 radical (unpaired) electrons. The predicted molar refractivity (Wildman–Crippen MR) is 129 cm³/mol. The lowest BCUT2D eigenvalue weighted by Crippen LogP contribution is -2.03. The largest absolute Gasteiger partial charge is 0.345 e. The maximum absolute atomic E-state index is 2.62. The van der Waals surface area contributed by atoms with Gasteiger partial charge in [0.05, 0.1) is 0 Å². The molecule has 1 heteroatoms. The molecule has 0 saturated carbocycles. The van der Waals surface area contributed by atoms with Crippen molar-refractivity contribution in [2.75, 3.05) is 0 Å². The topological polar surface area (TPSA) is 4.93 Å². The Morgan fingerprint density at radius 1 is 0.759 bits per heavy atom. The van der Waals surface area contributed by atoms with Crippen LogP contribution in [0.5, 0.6) is 0 Å². The lowest BCUT2D eigenvalue weighted by atomic mass is 9.98. The zero-order valence-corrected chi connectivity index (χ0v) is 18.7. The van der Waals surface area contributed by atoms with Crippen LogP contribution < -0.4 is 0 Å². The normalized spacial score (nSPS) is 13.4. The van der Waals surface area contributed by atoms with E-state index >= 15 is 0 Å². The SMILES string of the molecule is CCCCCn1c(CCCC)cc2c3ccc4c(c3ccc21)C=C(CCCC)C4. The summed E-state index contributed by atoms with van der Waals surface area (Å²) in [5.74, 6) is 0. The van der Waals surface area contributed by atoms with E-state index in [0.29, 0.717) is 0 Å². The molecular weight excluding hydrogens is 350 g/mol. The molecule has 154 valence electrons. The van der Waals surface area contributed by atoms with Gasteiger partial charge in [-0.3, -0.25) is 0 Å². The lowest BCUT2D eigenvalue weighted by molar-refractivity contribution is 0.591. The Hall–Kier alpha value is -2.02. The van der Waals surface area contributed by atoms with E-state index in [2.05, 4.69) is 61.7 Å². The average Bonchev–Trinajstić information content (AvgIpc) is 3.31. The fraction of sp³-hybridized carbons (Fsp3) is 0.500. The molecular formula is C28H37N. The van der Waals surface area contributed by atoms with Crippen molar-refractivity contribution in [3.05, 3.63) is 52.7 Å². The number of benzene rings is 2. The monoisotopic (exact) mass is 387 g/mol. The summed E-state index contributed by atoms with van der Waals surface area (Å²) in [6.45, 7) is 8.04. The second kappa shape index (κ2) is 9.20. The van der Waals surface area contributed by atoms with Gasteiger partial charge in [0, 0.05) is 23.1 Å². The average molecular weight is 388 g/mol. The lowest BCUT2D eigenvalue weighted by Gasteiger charge is -2.11. The quantitative estimate of drug-likeness (QED) is 0.307. The first-order valence-electron chi connectivity index (χ1n) is 12.0. The minimum Gasteiger partial charge on any atom is -0.345 e. The number of hydrogen-bond acceptors (Lipinski definition) is 0. The first-order valence-corrected chi connectivity index (χ1v) is 12.0. The number of unbranched alkanes of at least 4 members (excludes halogenated alkanes) is 4. The standard InChI is InChI=1S/C28H37N/c1-4-7-10-17-29-23(12-9-6-3)20-27-25-14-13-22-18-21(11-8-5-2)19-26(22)24(25)15-16-28(27)29/h13-16,19-20H,4-12,17-18H2,1-3H3. The van der Waals surface area contributed by atoms with E-state index in [1.54, 1.807) is 5.57 Å². The highest BCUT2D eigenvalue weighted by atomic mass is 15.0. The van der Waals surface area contributed by atoms with Crippen LogP contribution in [0.4, 0.5) is 0 Å². The second-order valence-corrected chi connectivity index (χ2v) is 8.91. The van der Waals surface area contributed by atoms with E-state index in [1.165, 1.54) is 96.3 Å². The van der Waals surface area contributed by atoms with Gasteiger partial charge in [-0.2, -0.15) is 0 Å². The highest BCUT2D eigenvalue weighted by Gasteiger charge is 2.17. The highest BCUT2D eigenvalue weighted by Crippen LogP contribution is 2.37. The zero-order valence-electron chi connectivity index (χ0n) is 18.7. The van der Waals surface area contributed by atoms with Crippen LogP contribution in [0, 0.1) is 0 Å². The minimum absolute atomic E-state index is 1.16. The molecule has 0 spiro atoms. The molecule has 1 aliphatic carbocycles. The number of rotatable bonds is 10. The van der Waals surface area contributed by atoms with Gasteiger partial charge in [-0.05, 0) is 72.6 Å². The van der Waals surface area contributed by atoms with Crippen LogP contribution in [-0.4, -0.2) is 4.57 Å². The summed E-state index contributed by atoms with van der Waals surface area (Å²) >= 11 is 0. The van der Waals surface area contributed by atoms with Gasteiger partial charge >= 0.3 is 0 Å². The molecule has 0 fully saturated rings. The van der Waals surface area contributed by atoms with Crippen molar-refractivity contribution in [2.45, 2.75) is 91.5 Å². The third-order valence-electron chi connectivity index (χ3n) is 6.69. The van der Waals surface area contributed by atoms with Crippen LogP contribution in [0.1, 0.15) is 89.0 Å². The van der Waals surface area contributed by atoms with Crippen LogP contribution >= 0.6 is 0 Å². The molecule has 0 amide bonds. The van der Waals surface area contributed by atoms with E-state index in [4.69, 9.17) is 0 Å². The Morgan fingerprint density at radius 2 is 1.52 bits per heavy atom. The van der Waals surface area contributed by atoms with Crippen molar-refractivity contribution < 1.29 is 0 Å². The van der Waals surface area contributed by atoms with Gasteiger partial charge in [-0.1, -0.05) is 76.3 Å². The number of nitrogens with zero attached hydrogens (tertiary/aromatic N) is 1. The molecule has 0 atom stereocenters. The Labute approximate surface area is 176 Å². The molecule has 3 aromatic rings. The Bertz CT molecular complexity index is 1020. The summed E-state index contributed by atoms with van der Waals surface area (Å²) < 4.78 is 2.62. The second-order valence-electron chi connectivity index (χ2n) is 8.91. The van der Waals surface area contributed by atoms with Crippen LogP contribution in [0.3, 0.4) is 0 Å². The van der Waals surface area contributed by atoms with E-state index in [-0.39, 0.29) is 0 Å². The molecule has 1 aliphatic rings. The van der Waals surface area contributed by atoms with Crippen molar-refractivity contribution in [2.24, 2.45) is 0 Å². The summed E-state index contributed by atoms with van der Waals surface area (Å²) in [6, 6.07) is 12.1. The Kier molecular flexibility index (Phi) is 6.43. The Balaban J connectivity index is 1.78. The Morgan fingerprint density at radius 3 is 2.31 bits per heavy atom. The zero-order chi connectivity index (χ0) is 20.2. The number of aryl methyl sites for hydroxylation is 2. The minimum atomic E-state index is 1.16. The molecule has 2 aromatic carbocycles. The van der Waals surface area contributed by atoms with Crippen LogP contribution in [0.15, 0.2) is 35.9 Å².